The van der Waals surface area contributed by atoms with E-state index in [1.165, 1.54) is 31.3 Å². The largest absolute Gasteiger partial charge is 0.368 e. The van der Waals surface area contributed by atoms with Gasteiger partial charge in [0, 0.05) is 25.2 Å². The minimum atomic E-state index is -0.188. The normalized spacial score (nSPS) is 28.8. The number of nitrogens with two attached hydrogens (primary N) is 1. The van der Waals surface area contributed by atoms with Gasteiger partial charge < -0.3 is 10.6 Å². The van der Waals surface area contributed by atoms with E-state index in [2.05, 4.69) is 4.90 Å². The molecule has 2 N–H and O–H groups in total. The number of likely N-dealkylation sites (tertiary alicyclic amines) is 2. The summed E-state index contributed by atoms with van der Waals surface area (Å²) < 4.78 is 0. The van der Waals surface area contributed by atoms with E-state index in [0.29, 0.717) is 17.9 Å². The minimum absolute atomic E-state index is 0.0894. The molecule has 2 saturated carbocycles. The second-order valence-corrected chi connectivity index (χ2v) is 8.05. The first-order valence-corrected chi connectivity index (χ1v) is 9.69. The average molecular weight is 331 g/mol. The molecule has 0 aromatic carbocycles. The van der Waals surface area contributed by atoms with Gasteiger partial charge >= 0.3 is 0 Å². The van der Waals surface area contributed by atoms with Crippen LogP contribution >= 0.6 is 0 Å². The number of allylic oxidation sites excluding steroid dienone is 1. The SMILES string of the molecule is NC(=O)[C@H]1CCCN1C1CCN(C(=O)C=C(C2CC2)C2CC2)CC1. The third kappa shape index (κ3) is 3.37. The predicted octanol–water partition coefficient (Wildman–Crippen LogP) is 1.67. The maximum atomic E-state index is 12.6. The van der Waals surface area contributed by atoms with Gasteiger partial charge in [-0.15, -0.1) is 0 Å². The van der Waals surface area contributed by atoms with Gasteiger partial charge in [-0.05, 0) is 69.7 Å². The van der Waals surface area contributed by atoms with Gasteiger partial charge in [-0.3, -0.25) is 14.5 Å². The molecule has 2 heterocycles. The molecule has 132 valence electrons. The Balaban J connectivity index is 1.33. The van der Waals surface area contributed by atoms with Crippen LogP contribution in [0.5, 0.6) is 0 Å². The summed E-state index contributed by atoms with van der Waals surface area (Å²) in [5, 5.41) is 0. The van der Waals surface area contributed by atoms with Gasteiger partial charge in [0.15, 0.2) is 0 Å². The fourth-order valence-electron chi connectivity index (χ4n) is 4.59. The summed E-state index contributed by atoms with van der Waals surface area (Å²) in [4.78, 5) is 28.5. The lowest BCUT2D eigenvalue weighted by molar-refractivity contribution is -0.129. The quantitative estimate of drug-likeness (QED) is 0.779. The molecule has 24 heavy (non-hydrogen) atoms. The maximum absolute atomic E-state index is 12.6. The van der Waals surface area contributed by atoms with E-state index in [4.69, 9.17) is 5.73 Å². The van der Waals surface area contributed by atoms with Gasteiger partial charge in [0.25, 0.3) is 0 Å². The molecule has 2 amide bonds. The first kappa shape index (κ1) is 16.1. The molecule has 5 heteroatoms. The number of piperidine rings is 1. The second kappa shape index (κ2) is 6.51. The van der Waals surface area contributed by atoms with E-state index in [1.54, 1.807) is 0 Å². The molecule has 0 bridgehead atoms. The van der Waals surface area contributed by atoms with Gasteiger partial charge in [0.2, 0.25) is 11.8 Å². The summed E-state index contributed by atoms with van der Waals surface area (Å²) in [7, 11) is 0. The van der Waals surface area contributed by atoms with Crippen molar-refractivity contribution < 1.29 is 9.59 Å². The van der Waals surface area contributed by atoms with Crippen molar-refractivity contribution in [2.24, 2.45) is 17.6 Å². The summed E-state index contributed by atoms with van der Waals surface area (Å²) in [6.45, 7) is 2.59. The lowest BCUT2D eigenvalue weighted by atomic mass is 10.0. The molecule has 2 saturated heterocycles. The van der Waals surface area contributed by atoms with Crippen LogP contribution in [0.4, 0.5) is 0 Å². The van der Waals surface area contributed by atoms with Crippen molar-refractivity contribution in [1.82, 2.24) is 9.80 Å². The van der Waals surface area contributed by atoms with Crippen molar-refractivity contribution in [3.63, 3.8) is 0 Å². The topological polar surface area (TPSA) is 66.6 Å². The van der Waals surface area contributed by atoms with Crippen LogP contribution in [0, 0.1) is 11.8 Å². The Morgan fingerprint density at radius 1 is 0.875 bits per heavy atom. The molecule has 4 fully saturated rings. The van der Waals surface area contributed by atoms with Crippen LogP contribution in [0.1, 0.15) is 51.4 Å². The Bertz CT molecular complexity index is 529. The Labute approximate surface area is 144 Å². The summed E-state index contributed by atoms with van der Waals surface area (Å²) in [5.74, 6) is 1.45. The number of hydrogen-bond acceptors (Lipinski definition) is 3. The molecule has 4 rings (SSSR count). The van der Waals surface area contributed by atoms with Gasteiger partial charge in [-0.25, -0.2) is 0 Å². The minimum Gasteiger partial charge on any atom is -0.368 e. The number of carbonyl (C=O) groups excluding carboxylic acids is 2. The molecule has 0 spiro atoms. The smallest absolute Gasteiger partial charge is 0.246 e. The van der Waals surface area contributed by atoms with Crippen LogP contribution in [-0.4, -0.2) is 53.3 Å². The maximum Gasteiger partial charge on any atom is 0.246 e. The van der Waals surface area contributed by atoms with E-state index in [-0.39, 0.29) is 17.9 Å². The first-order chi connectivity index (χ1) is 11.6. The van der Waals surface area contributed by atoms with Gasteiger partial charge in [-0.1, -0.05) is 5.57 Å². The first-order valence-electron chi connectivity index (χ1n) is 9.69. The van der Waals surface area contributed by atoms with E-state index in [1.807, 2.05) is 11.0 Å². The van der Waals surface area contributed by atoms with Crippen LogP contribution in [0.25, 0.3) is 0 Å². The Morgan fingerprint density at radius 2 is 1.50 bits per heavy atom. The standard InChI is InChI=1S/C19H29N3O2/c20-19(24)17-2-1-9-22(17)15-7-10-21(11-8-15)18(23)12-16(13-3-4-13)14-5-6-14/h12-15,17H,1-11H2,(H2,20,24)/t17-/m1/s1. The zero-order valence-electron chi connectivity index (χ0n) is 14.5. The van der Waals surface area contributed by atoms with Gasteiger partial charge in [0.1, 0.15) is 0 Å². The highest BCUT2D eigenvalue weighted by atomic mass is 16.2. The molecular weight excluding hydrogens is 302 g/mol. The summed E-state index contributed by atoms with van der Waals surface area (Å²) in [6, 6.07) is 0.317. The number of hydrogen-bond donors (Lipinski definition) is 1. The number of primary amides is 1. The lowest BCUT2D eigenvalue weighted by Crippen LogP contribution is -2.51. The zero-order valence-corrected chi connectivity index (χ0v) is 14.5. The summed E-state index contributed by atoms with van der Waals surface area (Å²) >= 11 is 0. The fraction of sp³-hybridized carbons (Fsp3) is 0.789. The van der Waals surface area contributed by atoms with Crippen molar-refractivity contribution in [1.29, 1.82) is 0 Å². The van der Waals surface area contributed by atoms with Crippen molar-refractivity contribution in [3.8, 4) is 0 Å². The van der Waals surface area contributed by atoms with Crippen LogP contribution < -0.4 is 5.73 Å². The molecule has 1 atom stereocenters. The number of rotatable bonds is 5. The van der Waals surface area contributed by atoms with Crippen LogP contribution in [0.15, 0.2) is 11.6 Å². The number of carbonyl (C=O) groups is 2. The molecule has 4 aliphatic rings. The molecule has 0 aromatic rings. The second-order valence-electron chi connectivity index (χ2n) is 8.05. The number of amides is 2. The van der Waals surface area contributed by atoms with E-state index < -0.39 is 0 Å². The van der Waals surface area contributed by atoms with Crippen molar-refractivity contribution in [2.45, 2.75) is 63.5 Å². The van der Waals surface area contributed by atoms with Crippen LogP contribution in [0.2, 0.25) is 0 Å². The Morgan fingerprint density at radius 3 is 2.04 bits per heavy atom. The molecule has 2 aliphatic heterocycles. The molecule has 0 unspecified atom stereocenters. The van der Waals surface area contributed by atoms with Crippen LogP contribution in [-0.2, 0) is 9.59 Å². The fourth-order valence-corrected chi connectivity index (χ4v) is 4.59. The number of nitrogens with zero attached hydrogens (tertiary/aromatic N) is 2. The van der Waals surface area contributed by atoms with Crippen molar-refractivity contribution in [3.05, 3.63) is 11.6 Å². The highest BCUT2D eigenvalue weighted by Gasteiger charge is 2.38. The average Bonchev–Trinajstić information content (AvgIpc) is 3.51. The Kier molecular flexibility index (Phi) is 4.37. The van der Waals surface area contributed by atoms with Crippen molar-refractivity contribution in [2.75, 3.05) is 19.6 Å². The van der Waals surface area contributed by atoms with Gasteiger partial charge in [-0.2, -0.15) is 0 Å². The molecule has 5 nitrogen and oxygen atoms in total. The summed E-state index contributed by atoms with van der Waals surface area (Å²) in [5.41, 5.74) is 6.98. The van der Waals surface area contributed by atoms with Crippen molar-refractivity contribution >= 4 is 11.8 Å². The third-order valence-corrected chi connectivity index (χ3v) is 6.26. The highest BCUT2D eigenvalue weighted by molar-refractivity contribution is 5.88. The van der Waals surface area contributed by atoms with E-state index in [0.717, 1.165) is 45.3 Å². The Hall–Kier alpha value is -1.36. The monoisotopic (exact) mass is 331 g/mol. The highest BCUT2D eigenvalue weighted by Crippen LogP contribution is 2.48. The predicted molar refractivity (Wildman–Crippen MR) is 92.1 cm³/mol. The van der Waals surface area contributed by atoms with Crippen LogP contribution in [0.3, 0.4) is 0 Å². The third-order valence-electron chi connectivity index (χ3n) is 6.26. The molecule has 0 aromatic heterocycles. The molecular formula is C19H29N3O2. The molecule has 2 aliphatic carbocycles. The lowest BCUT2D eigenvalue weighted by Gasteiger charge is -2.38. The van der Waals surface area contributed by atoms with E-state index in [9.17, 15) is 9.59 Å². The van der Waals surface area contributed by atoms with E-state index >= 15 is 0 Å². The summed E-state index contributed by atoms with van der Waals surface area (Å²) in [6.07, 6.45) is 11.0. The molecule has 0 radical (unpaired) electrons. The van der Waals surface area contributed by atoms with Gasteiger partial charge in [0.05, 0.1) is 6.04 Å². The zero-order chi connectivity index (χ0) is 16.7.